The topological polar surface area (TPSA) is 64.7 Å². The number of aryl methyl sites for hydroxylation is 2. The number of tetrazole rings is 1. The summed E-state index contributed by atoms with van der Waals surface area (Å²) < 4.78 is 4.80. The molecule has 0 radical (unpaired) electrons. The lowest BCUT2D eigenvalue weighted by Crippen LogP contribution is -2.24. The second kappa shape index (κ2) is 5.90. The van der Waals surface area contributed by atoms with Gasteiger partial charge in [-0.15, -0.1) is 0 Å². The molecule has 3 rings (SSSR count). The summed E-state index contributed by atoms with van der Waals surface area (Å²) in [5.74, 6) is 1.69. The normalized spacial score (nSPS) is 14.7. The molecule has 20 heavy (non-hydrogen) atoms. The van der Waals surface area contributed by atoms with Crippen molar-refractivity contribution in [1.29, 1.82) is 0 Å². The first-order chi connectivity index (χ1) is 9.72. The van der Waals surface area contributed by atoms with Gasteiger partial charge in [0, 0.05) is 32.9 Å². The summed E-state index contributed by atoms with van der Waals surface area (Å²) in [5.41, 5.74) is 0. The van der Waals surface area contributed by atoms with E-state index in [4.69, 9.17) is 0 Å². The van der Waals surface area contributed by atoms with Gasteiger partial charge >= 0.3 is 0 Å². The Morgan fingerprint density at radius 1 is 1.40 bits per heavy atom. The molecule has 0 aromatic carbocycles. The van der Waals surface area contributed by atoms with Crippen molar-refractivity contribution in [3.05, 3.63) is 16.9 Å². The summed E-state index contributed by atoms with van der Waals surface area (Å²) in [6, 6.07) is 0. The first-order valence-corrected chi connectivity index (χ1v) is 7.67. The van der Waals surface area contributed by atoms with Gasteiger partial charge in [-0.3, -0.25) is 4.68 Å². The molecule has 0 bridgehead atoms. The zero-order valence-electron chi connectivity index (χ0n) is 11.5. The number of halogens is 1. The summed E-state index contributed by atoms with van der Waals surface area (Å²) in [6.45, 7) is 2.71. The molecule has 108 valence electrons. The molecular weight excluding hydrogens is 322 g/mol. The van der Waals surface area contributed by atoms with Crippen LogP contribution in [0.15, 0.2) is 16.9 Å². The van der Waals surface area contributed by atoms with Crippen LogP contribution in [0.3, 0.4) is 0 Å². The van der Waals surface area contributed by atoms with E-state index in [9.17, 15) is 0 Å². The lowest BCUT2D eigenvalue weighted by atomic mass is 10.4. The van der Waals surface area contributed by atoms with Crippen molar-refractivity contribution in [1.82, 2.24) is 30.0 Å². The average molecular weight is 340 g/mol. The molecule has 7 nitrogen and oxygen atoms in total. The van der Waals surface area contributed by atoms with Crippen molar-refractivity contribution >= 4 is 21.9 Å². The molecule has 0 aliphatic heterocycles. The number of anilines is 1. The number of hydrogen-bond donors (Lipinski definition) is 0. The standard InChI is InChI=1S/C12H18BrN7/c1-18(8-10-3-4-10)12-15-16-17-20(12)6-2-5-19-9-11(13)7-14-19/h7,9-10H,2-6,8H2,1H3. The lowest BCUT2D eigenvalue weighted by molar-refractivity contribution is 0.490. The van der Waals surface area contributed by atoms with Crippen molar-refractivity contribution in [2.75, 3.05) is 18.5 Å². The molecule has 0 spiro atoms. The molecule has 2 aromatic rings. The van der Waals surface area contributed by atoms with Crippen LogP contribution in [-0.4, -0.2) is 43.6 Å². The molecule has 1 fully saturated rings. The third-order valence-electron chi connectivity index (χ3n) is 3.44. The van der Waals surface area contributed by atoms with Crippen LogP contribution in [-0.2, 0) is 13.1 Å². The zero-order valence-corrected chi connectivity index (χ0v) is 13.1. The van der Waals surface area contributed by atoms with E-state index in [0.717, 1.165) is 42.4 Å². The molecule has 0 N–H and O–H groups in total. The zero-order chi connectivity index (χ0) is 13.9. The number of rotatable bonds is 7. The van der Waals surface area contributed by atoms with Gasteiger partial charge in [-0.25, -0.2) is 4.68 Å². The first-order valence-electron chi connectivity index (χ1n) is 6.87. The Bertz CT molecular complexity index is 560. The van der Waals surface area contributed by atoms with Gasteiger partial charge in [-0.1, -0.05) is 5.10 Å². The molecule has 0 unspecified atom stereocenters. The van der Waals surface area contributed by atoms with E-state index in [1.807, 2.05) is 15.6 Å². The van der Waals surface area contributed by atoms with Crippen molar-refractivity contribution in [3.8, 4) is 0 Å². The minimum absolute atomic E-state index is 0.800. The van der Waals surface area contributed by atoms with E-state index < -0.39 is 0 Å². The highest BCUT2D eigenvalue weighted by atomic mass is 79.9. The highest BCUT2D eigenvalue weighted by Gasteiger charge is 2.24. The molecule has 1 aliphatic rings. The van der Waals surface area contributed by atoms with Crippen molar-refractivity contribution in [2.24, 2.45) is 5.92 Å². The van der Waals surface area contributed by atoms with Crippen LogP contribution >= 0.6 is 15.9 Å². The van der Waals surface area contributed by atoms with Crippen molar-refractivity contribution in [2.45, 2.75) is 32.4 Å². The van der Waals surface area contributed by atoms with Crippen molar-refractivity contribution < 1.29 is 0 Å². The lowest BCUT2D eigenvalue weighted by Gasteiger charge is -2.17. The van der Waals surface area contributed by atoms with Crippen molar-refractivity contribution in [3.63, 3.8) is 0 Å². The number of aromatic nitrogens is 6. The van der Waals surface area contributed by atoms with Gasteiger partial charge in [0.05, 0.1) is 10.7 Å². The fourth-order valence-corrected chi connectivity index (χ4v) is 2.56. The summed E-state index contributed by atoms with van der Waals surface area (Å²) >= 11 is 3.39. The minimum Gasteiger partial charge on any atom is -0.342 e. The maximum Gasteiger partial charge on any atom is 0.245 e. The van der Waals surface area contributed by atoms with E-state index in [1.54, 1.807) is 6.20 Å². The molecule has 1 aliphatic carbocycles. The van der Waals surface area contributed by atoms with Gasteiger partial charge in [-0.2, -0.15) is 5.10 Å². The first kappa shape index (κ1) is 13.5. The van der Waals surface area contributed by atoms with Crippen LogP contribution in [0, 0.1) is 5.92 Å². The van der Waals surface area contributed by atoms with Gasteiger partial charge in [0.25, 0.3) is 0 Å². The summed E-state index contributed by atoms with van der Waals surface area (Å²) in [7, 11) is 2.06. The SMILES string of the molecule is CN(CC1CC1)c1nnnn1CCCn1cc(Br)cn1. The maximum atomic E-state index is 4.24. The Labute approximate surface area is 126 Å². The molecule has 2 heterocycles. The molecule has 1 saturated carbocycles. The van der Waals surface area contributed by atoms with Crippen LogP contribution in [0.1, 0.15) is 19.3 Å². The Kier molecular flexibility index (Phi) is 4.00. The molecule has 0 atom stereocenters. The summed E-state index contributed by atoms with van der Waals surface area (Å²) in [6.07, 6.45) is 7.38. The van der Waals surface area contributed by atoms with E-state index in [1.165, 1.54) is 12.8 Å². The third-order valence-corrected chi connectivity index (χ3v) is 3.85. The largest absolute Gasteiger partial charge is 0.342 e. The van der Waals surface area contributed by atoms with Gasteiger partial charge in [0.1, 0.15) is 0 Å². The highest BCUT2D eigenvalue weighted by Crippen LogP contribution is 2.30. The van der Waals surface area contributed by atoms with Gasteiger partial charge < -0.3 is 4.90 Å². The number of hydrogen-bond acceptors (Lipinski definition) is 5. The van der Waals surface area contributed by atoms with Gasteiger partial charge in [0.15, 0.2) is 0 Å². The third kappa shape index (κ3) is 3.36. The Balaban J connectivity index is 1.53. The summed E-state index contributed by atoms with van der Waals surface area (Å²) in [5, 5.41) is 16.2. The summed E-state index contributed by atoms with van der Waals surface area (Å²) in [4.78, 5) is 2.15. The van der Waals surface area contributed by atoms with E-state index >= 15 is 0 Å². The smallest absolute Gasteiger partial charge is 0.245 e. The Hall–Kier alpha value is -1.44. The Morgan fingerprint density at radius 2 is 2.25 bits per heavy atom. The molecule has 8 heteroatoms. The van der Waals surface area contributed by atoms with E-state index in [-0.39, 0.29) is 0 Å². The van der Waals surface area contributed by atoms with Crippen LogP contribution < -0.4 is 4.90 Å². The van der Waals surface area contributed by atoms with Crippen LogP contribution in [0.4, 0.5) is 5.95 Å². The fraction of sp³-hybridized carbons (Fsp3) is 0.667. The predicted molar refractivity (Wildman–Crippen MR) is 78.4 cm³/mol. The molecule has 0 saturated heterocycles. The minimum atomic E-state index is 0.800. The van der Waals surface area contributed by atoms with Crippen LogP contribution in [0.2, 0.25) is 0 Å². The van der Waals surface area contributed by atoms with Crippen LogP contribution in [0.25, 0.3) is 0 Å². The molecule has 2 aromatic heterocycles. The maximum absolute atomic E-state index is 4.24. The second-order valence-corrected chi connectivity index (χ2v) is 6.22. The predicted octanol–water partition coefficient (Wildman–Crippen LogP) is 1.57. The number of nitrogens with zero attached hydrogens (tertiary/aromatic N) is 7. The van der Waals surface area contributed by atoms with Gasteiger partial charge in [0.2, 0.25) is 5.95 Å². The second-order valence-electron chi connectivity index (χ2n) is 5.30. The molecule has 0 amide bonds. The average Bonchev–Trinajstić information content (AvgIpc) is 2.95. The van der Waals surface area contributed by atoms with E-state index in [0.29, 0.717) is 0 Å². The molecular formula is C12H18BrN7. The monoisotopic (exact) mass is 339 g/mol. The Morgan fingerprint density at radius 3 is 2.95 bits per heavy atom. The van der Waals surface area contributed by atoms with E-state index in [2.05, 4.69) is 48.5 Å². The fourth-order valence-electron chi connectivity index (χ4n) is 2.23. The highest BCUT2D eigenvalue weighted by molar-refractivity contribution is 9.10. The quantitative estimate of drug-likeness (QED) is 0.766. The van der Waals surface area contributed by atoms with Gasteiger partial charge in [-0.05, 0) is 51.5 Å². The van der Waals surface area contributed by atoms with Crippen LogP contribution in [0.5, 0.6) is 0 Å².